The fourth-order valence-corrected chi connectivity index (χ4v) is 3.80. The minimum Gasteiger partial charge on any atom is -0.478 e. The summed E-state index contributed by atoms with van der Waals surface area (Å²) in [7, 11) is 0. The van der Waals surface area contributed by atoms with Gasteiger partial charge in [0.1, 0.15) is 11.6 Å². The summed E-state index contributed by atoms with van der Waals surface area (Å²) in [5.74, 6) is 0.786. The molecule has 1 saturated heterocycles. The standard InChI is InChI=1S/C21H21N5O3/c27-21(28)14-5-6-18-17(11-14)24-20(13-25-7-9-29-10-8-25)26(18)12-19-22-15-3-1-2-4-16(15)23-19/h1-6,11H,7-10,12-13H2,(H,22,23)(H,27,28). The van der Waals surface area contributed by atoms with Crippen molar-refractivity contribution in [2.75, 3.05) is 26.3 Å². The van der Waals surface area contributed by atoms with Crippen molar-refractivity contribution in [3.8, 4) is 0 Å². The molecule has 0 spiro atoms. The summed E-state index contributed by atoms with van der Waals surface area (Å²) >= 11 is 0. The number of imidazole rings is 2. The van der Waals surface area contributed by atoms with Crippen LogP contribution in [0.15, 0.2) is 42.5 Å². The molecule has 4 aromatic rings. The third kappa shape index (κ3) is 3.48. The number of ether oxygens (including phenoxy) is 1. The van der Waals surface area contributed by atoms with Crippen molar-refractivity contribution in [2.45, 2.75) is 13.1 Å². The van der Waals surface area contributed by atoms with E-state index in [9.17, 15) is 9.90 Å². The molecule has 2 aromatic heterocycles. The Bertz CT molecular complexity index is 1160. The van der Waals surface area contributed by atoms with E-state index < -0.39 is 5.97 Å². The van der Waals surface area contributed by atoms with Gasteiger partial charge in [-0.15, -0.1) is 0 Å². The van der Waals surface area contributed by atoms with Crippen LogP contribution in [0.3, 0.4) is 0 Å². The first-order chi connectivity index (χ1) is 14.2. The lowest BCUT2D eigenvalue weighted by Crippen LogP contribution is -2.36. The summed E-state index contributed by atoms with van der Waals surface area (Å²) in [6.07, 6.45) is 0. The number of benzene rings is 2. The number of aromatic amines is 1. The molecule has 0 bridgehead atoms. The highest BCUT2D eigenvalue weighted by molar-refractivity contribution is 5.92. The molecule has 29 heavy (non-hydrogen) atoms. The van der Waals surface area contributed by atoms with Gasteiger partial charge < -0.3 is 19.4 Å². The number of hydrogen-bond donors (Lipinski definition) is 2. The highest BCUT2D eigenvalue weighted by Gasteiger charge is 2.18. The van der Waals surface area contributed by atoms with Gasteiger partial charge >= 0.3 is 5.97 Å². The largest absolute Gasteiger partial charge is 0.478 e. The zero-order valence-corrected chi connectivity index (χ0v) is 15.8. The predicted octanol–water partition coefficient (Wildman–Crippen LogP) is 2.49. The molecule has 2 aromatic carbocycles. The van der Waals surface area contributed by atoms with Crippen LogP contribution in [0.1, 0.15) is 22.0 Å². The molecule has 0 amide bonds. The number of nitrogens with one attached hydrogen (secondary N) is 1. The second kappa shape index (κ2) is 7.31. The van der Waals surface area contributed by atoms with Gasteiger partial charge in [0.15, 0.2) is 0 Å². The highest BCUT2D eigenvalue weighted by atomic mass is 16.5. The van der Waals surface area contributed by atoms with Gasteiger partial charge in [-0.2, -0.15) is 0 Å². The van der Waals surface area contributed by atoms with Crippen LogP contribution in [0.4, 0.5) is 0 Å². The number of carboxylic acid groups (broad SMARTS) is 1. The van der Waals surface area contributed by atoms with Gasteiger partial charge in [-0.25, -0.2) is 14.8 Å². The van der Waals surface area contributed by atoms with Crippen LogP contribution in [0.5, 0.6) is 0 Å². The number of rotatable bonds is 5. The van der Waals surface area contributed by atoms with E-state index in [1.807, 2.05) is 30.3 Å². The van der Waals surface area contributed by atoms with Crippen LogP contribution in [-0.2, 0) is 17.8 Å². The molecule has 148 valence electrons. The van der Waals surface area contributed by atoms with Crippen molar-refractivity contribution in [3.63, 3.8) is 0 Å². The lowest BCUT2D eigenvalue weighted by molar-refractivity contribution is 0.0327. The van der Waals surface area contributed by atoms with E-state index in [0.29, 0.717) is 31.8 Å². The number of aromatic nitrogens is 4. The van der Waals surface area contributed by atoms with E-state index in [1.54, 1.807) is 12.1 Å². The zero-order chi connectivity index (χ0) is 19.8. The number of carboxylic acids is 1. The van der Waals surface area contributed by atoms with Crippen LogP contribution in [-0.4, -0.2) is 61.8 Å². The van der Waals surface area contributed by atoms with E-state index >= 15 is 0 Å². The lowest BCUT2D eigenvalue weighted by Gasteiger charge is -2.26. The normalized spacial score (nSPS) is 15.3. The molecule has 5 rings (SSSR count). The third-order valence-corrected chi connectivity index (χ3v) is 5.29. The van der Waals surface area contributed by atoms with Crippen LogP contribution in [0, 0.1) is 0 Å². The molecular weight excluding hydrogens is 370 g/mol. The zero-order valence-electron chi connectivity index (χ0n) is 15.8. The monoisotopic (exact) mass is 391 g/mol. The van der Waals surface area contributed by atoms with Crippen molar-refractivity contribution in [1.29, 1.82) is 0 Å². The van der Waals surface area contributed by atoms with Gasteiger partial charge in [-0.1, -0.05) is 12.1 Å². The van der Waals surface area contributed by atoms with Crippen molar-refractivity contribution in [1.82, 2.24) is 24.4 Å². The summed E-state index contributed by atoms with van der Waals surface area (Å²) in [6.45, 7) is 4.36. The van der Waals surface area contributed by atoms with E-state index in [0.717, 1.165) is 41.3 Å². The summed E-state index contributed by atoms with van der Waals surface area (Å²) < 4.78 is 7.57. The van der Waals surface area contributed by atoms with Gasteiger partial charge in [0, 0.05) is 13.1 Å². The molecule has 0 saturated carbocycles. The van der Waals surface area contributed by atoms with Crippen LogP contribution in [0.2, 0.25) is 0 Å². The van der Waals surface area contributed by atoms with Crippen LogP contribution in [0.25, 0.3) is 22.1 Å². The SMILES string of the molecule is O=C(O)c1ccc2c(c1)nc(CN1CCOCC1)n2Cc1nc2ccccc2[nH]1. The van der Waals surface area contributed by atoms with E-state index in [1.165, 1.54) is 0 Å². The molecule has 1 aliphatic rings. The second-order valence-corrected chi connectivity index (χ2v) is 7.21. The Labute approximate surface area is 166 Å². The maximum absolute atomic E-state index is 11.4. The number of nitrogens with zero attached hydrogens (tertiary/aromatic N) is 4. The summed E-state index contributed by atoms with van der Waals surface area (Å²) in [4.78, 5) is 26.5. The predicted molar refractivity (Wildman–Crippen MR) is 108 cm³/mol. The molecule has 1 aliphatic heterocycles. The first-order valence-corrected chi connectivity index (χ1v) is 9.63. The fourth-order valence-electron chi connectivity index (χ4n) is 3.80. The average molecular weight is 391 g/mol. The highest BCUT2D eigenvalue weighted by Crippen LogP contribution is 2.22. The van der Waals surface area contributed by atoms with Crippen LogP contribution < -0.4 is 0 Å². The van der Waals surface area contributed by atoms with E-state index in [-0.39, 0.29) is 5.56 Å². The molecule has 0 atom stereocenters. The maximum atomic E-state index is 11.4. The smallest absolute Gasteiger partial charge is 0.335 e. The maximum Gasteiger partial charge on any atom is 0.335 e. The first-order valence-electron chi connectivity index (χ1n) is 9.63. The van der Waals surface area contributed by atoms with Gasteiger partial charge in [-0.3, -0.25) is 4.90 Å². The molecular formula is C21H21N5O3. The fraction of sp³-hybridized carbons (Fsp3) is 0.286. The van der Waals surface area contributed by atoms with E-state index in [4.69, 9.17) is 14.7 Å². The summed E-state index contributed by atoms with van der Waals surface area (Å²) in [5, 5.41) is 9.33. The van der Waals surface area contributed by atoms with Crippen LogP contribution >= 0.6 is 0 Å². The Morgan fingerprint density at radius 3 is 2.69 bits per heavy atom. The van der Waals surface area contributed by atoms with Crippen molar-refractivity contribution < 1.29 is 14.6 Å². The van der Waals surface area contributed by atoms with Gasteiger partial charge in [0.05, 0.1) is 53.9 Å². The van der Waals surface area contributed by atoms with E-state index in [2.05, 4.69) is 14.5 Å². The Balaban J connectivity index is 1.56. The number of morpholine rings is 1. The summed E-state index contributed by atoms with van der Waals surface area (Å²) in [6, 6.07) is 13.0. The van der Waals surface area contributed by atoms with Gasteiger partial charge in [0.25, 0.3) is 0 Å². The number of hydrogen-bond acceptors (Lipinski definition) is 5. The number of para-hydroxylation sites is 2. The minimum absolute atomic E-state index is 0.240. The summed E-state index contributed by atoms with van der Waals surface area (Å²) in [5.41, 5.74) is 3.75. The third-order valence-electron chi connectivity index (χ3n) is 5.29. The lowest BCUT2D eigenvalue weighted by atomic mass is 10.2. The Morgan fingerprint density at radius 1 is 1.07 bits per heavy atom. The van der Waals surface area contributed by atoms with Crippen molar-refractivity contribution in [3.05, 3.63) is 59.7 Å². The average Bonchev–Trinajstić information content (AvgIpc) is 3.29. The number of carbonyl (C=O) groups is 1. The first kappa shape index (κ1) is 17.8. The quantitative estimate of drug-likeness (QED) is 0.543. The number of aromatic carboxylic acids is 1. The second-order valence-electron chi connectivity index (χ2n) is 7.21. The molecule has 0 aliphatic carbocycles. The number of H-pyrrole nitrogens is 1. The van der Waals surface area contributed by atoms with Crippen molar-refractivity contribution in [2.24, 2.45) is 0 Å². The molecule has 8 nitrogen and oxygen atoms in total. The molecule has 8 heteroatoms. The molecule has 0 radical (unpaired) electrons. The Kier molecular flexibility index (Phi) is 4.49. The molecule has 0 unspecified atom stereocenters. The van der Waals surface area contributed by atoms with Gasteiger partial charge in [-0.05, 0) is 30.3 Å². The molecule has 1 fully saturated rings. The minimum atomic E-state index is -0.950. The Hall–Kier alpha value is -3.23. The topological polar surface area (TPSA) is 96.3 Å². The number of fused-ring (bicyclic) bond motifs is 2. The Morgan fingerprint density at radius 2 is 1.90 bits per heavy atom. The van der Waals surface area contributed by atoms with Crippen molar-refractivity contribution >= 4 is 28.0 Å². The van der Waals surface area contributed by atoms with Gasteiger partial charge in [0.2, 0.25) is 0 Å². The molecule has 2 N–H and O–H groups in total. The molecule has 3 heterocycles.